The highest BCUT2D eigenvalue weighted by Gasteiger charge is 2.10. The van der Waals surface area contributed by atoms with Crippen LogP contribution >= 0.6 is 0 Å². The molecule has 2 N–H and O–H groups in total. The standard InChI is InChI=1S/C10H10N4O2/c1-16-8-2-3-11-6-7(8)14-10(15)9-12-4-5-13-9/h2-6H,1H3,(H,12,13)(H,14,15). The maximum atomic E-state index is 11.7. The number of carbonyl (C=O) groups is 1. The van der Waals surface area contributed by atoms with E-state index < -0.39 is 0 Å². The third kappa shape index (κ3) is 2.00. The highest BCUT2D eigenvalue weighted by atomic mass is 16.5. The number of aromatic nitrogens is 3. The van der Waals surface area contributed by atoms with E-state index in [1.165, 1.54) is 19.5 Å². The van der Waals surface area contributed by atoms with E-state index in [2.05, 4.69) is 20.3 Å². The van der Waals surface area contributed by atoms with Gasteiger partial charge in [0.2, 0.25) is 0 Å². The van der Waals surface area contributed by atoms with Crippen LogP contribution in [0.4, 0.5) is 5.69 Å². The summed E-state index contributed by atoms with van der Waals surface area (Å²) >= 11 is 0. The minimum absolute atomic E-state index is 0.242. The van der Waals surface area contributed by atoms with Gasteiger partial charge in [-0.1, -0.05) is 0 Å². The molecule has 16 heavy (non-hydrogen) atoms. The van der Waals surface area contributed by atoms with E-state index in [1.54, 1.807) is 18.5 Å². The van der Waals surface area contributed by atoms with Crippen molar-refractivity contribution in [2.24, 2.45) is 0 Å². The molecule has 0 bridgehead atoms. The number of imidazole rings is 1. The van der Waals surface area contributed by atoms with Gasteiger partial charge in [-0.05, 0) is 0 Å². The molecule has 0 aromatic carbocycles. The monoisotopic (exact) mass is 218 g/mol. The van der Waals surface area contributed by atoms with Crippen molar-refractivity contribution in [1.82, 2.24) is 15.0 Å². The second-order valence-corrected chi connectivity index (χ2v) is 2.97. The number of hydrogen-bond acceptors (Lipinski definition) is 4. The predicted molar refractivity (Wildman–Crippen MR) is 57.3 cm³/mol. The second kappa shape index (κ2) is 4.43. The number of hydrogen-bond donors (Lipinski definition) is 2. The first-order valence-electron chi connectivity index (χ1n) is 4.60. The Bertz CT molecular complexity index is 481. The summed E-state index contributed by atoms with van der Waals surface area (Å²) in [6.07, 6.45) is 6.19. The van der Waals surface area contributed by atoms with Crippen LogP contribution in [0.3, 0.4) is 0 Å². The van der Waals surface area contributed by atoms with Crippen molar-refractivity contribution < 1.29 is 9.53 Å². The Morgan fingerprint density at radius 1 is 1.50 bits per heavy atom. The summed E-state index contributed by atoms with van der Waals surface area (Å²) < 4.78 is 5.08. The SMILES string of the molecule is COc1ccncc1NC(=O)c1ncc[nH]1. The van der Waals surface area contributed by atoms with Gasteiger partial charge in [0.05, 0.1) is 13.3 Å². The normalized spacial score (nSPS) is 9.81. The van der Waals surface area contributed by atoms with Gasteiger partial charge in [-0.2, -0.15) is 0 Å². The van der Waals surface area contributed by atoms with E-state index in [0.717, 1.165) is 0 Å². The van der Waals surface area contributed by atoms with Crippen LogP contribution in [-0.4, -0.2) is 28.0 Å². The van der Waals surface area contributed by atoms with Gasteiger partial charge in [0, 0.05) is 24.7 Å². The summed E-state index contributed by atoms with van der Waals surface area (Å²) in [4.78, 5) is 22.1. The molecule has 2 aromatic rings. The second-order valence-electron chi connectivity index (χ2n) is 2.97. The van der Waals surface area contributed by atoms with Crippen LogP contribution in [-0.2, 0) is 0 Å². The molecular weight excluding hydrogens is 208 g/mol. The van der Waals surface area contributed by atoms with Crippen molar-refractivity contribution in [3.63, 3.8) is 0 Å². The molecule has 82 valence electrons. The van der Waals surface area contributed by atoms with Crippen LogP contribution < -0.4 is 10.1 Å². The molecule has 0 atom stereocenters. The van der Waals surface area contributed by atoms with Gasteiger partial charge in [-0.15, -0.1) is 0 Å². The molecule has 2 aromatic heterocycles. The molecule has 0 saturated carbocycles. The molecule has 0 spiro atoms. The lowest BCUT2D eigenvalue weighted by Gasteiger charge is -2.07. The van der Waals surface area contributed by atoms with Gasteiger partial charge in [0.1, 0.15) is 11.4 Å². The molecule has 1 amide bonds. The Morgan fingerprint density at radius 3 is 3.06 bits per heavy atom. The van der Waals surface area contributed by atoms with E-state index in [1.807, 2.05) is 0 Å². The van der Waals surface area contributed by atoms with Crippen molar-refractivity contribution in [2.45, 2.75) is 0 Å². The van der Waals surface area contributed by atoms with E-state index in [4.69, 9.17) is 4.74 Å². The number of carbonyl (C=O) groups excluding carboxylic acids is 1. The fourth-order valence-corrected chi connectivity index (χ4v) is 1.22. The summed E-state index contributed by atoms with van der Waals surface area (Å²) in [7, 11) is 1.53. The minimum atomic E-state index is -0.337. The molecular formula is C10H10N4O2. The maximum absolute atomic E-state index is 11.7. The van der Waals surface area contributed by atoms with Crippen LogP contribution in [0, 0.1) is 0 Å². The lowest BCUT2D eigenvalue weighted by Crippen LogP contribution is -2.14. The van der Waals surface area contributed by atoms with Crippen LogP contribution in [0.5, 0.6) is 5.75 Å². The molecule has 0 unspecified atom stereocenters. The molecule has 0 aliphatic rings. The smallest absolute Gasteiger partial charge is 0.291 e. The summed E-state index contributed by atoms with van der Waals surface area (Å²) in [5.74, 6) is 0.456. The molecule has 0 saturated heterocycles. The van der Waals surface area contributed by atoms with Gasteiger partial charge < -0.3 is 15.0 Å². The first kappa shape index (κ1) is 10.2. The molecule has 6 heteroatoms. The number of ether oxygens (including phenoxy) is 1. The lowest BCUT2D eigenvalue weighted by molar-refractivity contribution is 0.101. The van der Waals surface area contributed by atoms with Gasteiger partial charge in [0.25, 0.3) is 5.91 Å². The zero-order valence-electron chi connectivity index (χ0n) is 8.60. The predicted octanol–water partition coefficient (Wildman–Crippen LogP) is 1.07. The van der Waals surface area contributed by atoms with Crippen LogP contribution in [0.1, 0.15) is 10.6 Å². The molecule has 2 rings (SSSR count). The zero-order chi connectivity index (χ0) is 11.4. The van der Waals surface area contributed by atoms with Crippen LogP contribution in [0.15, 0.2) is 30.9 Å². The number of H-pyrrole nitrogens is 1. The molecule has 0 aliphatic heterocycles. The molecule has 0 fully saturated rings. The first-order valence-corrected chi connectivity index (χ1v) is 4.60. The number of pyridine rings is 1. The summed E-state index contributed by atoms with van der Waals surface area (Å²) in [6.45, 7) is 0. The molecule has 0 aliphatic carbocycles. The van der Waals surface area contributed by atoms with Crippen molar-refractivity contribution >= 4 is 11.6 Å². The quantitative estimate of drug-likeness (QED) is 0.807. The van der Waals surface area contributed by atoms with Crippen molar-refractivity contribution in [1.29, 1.82) is 0 Å². The number of aromatic amines is 1. The van der Waals surface area contributed by atoms with Crippen molar-refractivity contribution in [2.75, 3.05) is 12.4 Å². The third-order valence-electron chi connectivity index (χ3n) is 1.96. The molecule has 0 radical (unpaired) electrons. The van der Waals surface area contributed by atoms with E-state index in [-0.39, 0.29) is 11.7 Å². The summed E-state index contributed by atoms with van der Waals surface area (Å²) in [6, 6.07) is 1.66. The van der Waals surface area contributed by atoms with Gasteiger partial charge >= 0.3 is 0 Å². The number of nitrogens with one attached hydrogen (secondary N) is 2. The van der Waals surface area contributed by atoms with Gasteiger partial charge in [-0.25, -0.2) is 4.98 Å². The maximum Gasteiger partial charge on any atom is 0.291 e. The zero-order valence-corrected chi connectivity index (χ0v) is 8.60. The largest absolute Gasteiger partial charge is 0.494 e. The van der Waals surface area contributed by atoms with Crippen LogP contribution in [0.25, 0.3) is 0 Å². The topological polar surface area (TPSA) is 79.9 Å². The van der Waals surface area contributed by atoms with E-state index in [9.17, 15) is 4.79 Å². The average molecular weight is 218 g/mol. The Hall–Kier alpha value is -2.37. The van der Waals surface area contributed by atoms with Crippen LogP contribution in [0.2, 0.25) is 0 Å². The first-order chi connectivity index (χ1) is 7.81. The Kier molecular flexibility index (Phi) is 2.81. The number of anilines is 1. The molecule has 2 heterocycles. The number of nitrogens with zero attached hydrogens (tertiary/aromatic N) is 2. The lowest BCUT2D eigenvalue weighted by atomic mass is 10.3. The highest BCUT2D eigenvalue weighted by Crippen LogP contribution is 2.21. The van der Waals surface area contributed by atoms with Gasteiger partial charge in [-0.3, -0.25) is 9.78 Å². The number of amides is 1. The minimum Gasteiger partial charge on any atom is -0.494 e. The fraction of sp³-hybridized carbons (Fsp3) is 0.100. The summed E-state index contributed by atoms with van der Waals surface area (Å²) in [5, 5.41) is 2.64. The number of methoxy groups -OCH3 is 1. The Balaban J connectivity index is 2.18. The molecule has 6 nitrogen and oxygen atoms in total. The Labute approximate surface area is 91.7 Å². The van der Waals surface area contributed by atoms with Crippen molar-refractivity contribution in [3.8, 4) is 5.75 Å². The third-order valence-corrected chi connectivity index (χ3v) is 1.96. The van der Waals surface area contributed by atoms with Crippen molar-refractivity contribution in [3.05, 3.63) is 36.7 Å². The fourth-order valence-electron chi connectivity index (χ4n) is 1.22. The average Bonchev–Trinajstić information content (AvgIpc) is 2.83. The Morgan fingerprint density at radius 2 is 2.38 bits per heavy atom. The van der Waals surface area contributed by atoms with E-state index >= 15 is 0 Å². The number of rotatable bonds is 3. The summed E-state index contributed by atoms with van der Waals surface area (Å²) in [5.41, 5.74) is 0.506. The highest BCUT2D eigenvalue weighted by molar-refractivity contribution is 6.02. The van der Waals surface area contributed by atoms with Gasteiger partial charge in [0.15, 0.2) is 5.82 Å². The van der Waals surface area contributed by atoms with E-state index in [0.29, 0.717) is 11.4 Å².